The monoisotopic (exact) mass is 178 g/mol. The van der Waals surface area contributed by atoms with E-state index in [-0.39, 0.29) is 0 Å². The van der Waals surface area contributed by atoms with Crippen LogP contribution in [0.15, 0.2) is 36.4 Å². The van der Waals surface area contributed by atoms with Crippen molar-refractivity contribution in [3.8, 4) is 17.2 Å². The third kappa shape index (κ3) is 1.20. The van der Waals surface area contributed by atoms with E-state index >= 15 is 0 Å². The van der Waals surface area contributed by atoms with Crippen molar-refractivity contribution in [2.24, 2.45) is 0 Å². The largest absolute Gasteiger partial charge is 0.237 e. The molecule has 0 amide bonds. The average molecular weight is 178 g/mol. The molecule has 0 N–H and O–H groups in total. The molecule has 14 heavy (non-hydrogen) atoms. The van der Waals surface area contributed by atoms with Crippen LogP contribution in [0, 0.1) is 17.9 Å². The Balaban J connectivity index is 2.80. The Morgan fingerprint density at radius 3 is 2.64 bits per heavy atom. The summed E-state index contributed by atoms with van der Waals surface area (Å²) in [6.07, 6.45) is 0. The highest BCUT2D eigenvalue weighted by Crippen LogP contribution is 2.28. The van der Waals surface area contributed by atoms with Gasteiger partial charge in [0.25, 0.3) is 0 Å². The van der Waals surface area contributed by atoms with Crippen LogP contribution in [-0.4, -0.2) is 0 Å². The van der Waals surface area contributed by atoms with Gasteiger partial charge in [-0.05, 0) is 17.2 Å². The predicted molar refractivity (Wildman–Crippen MR) is 54.0 cm³/mol. The molecule has 0 aromatic heterocycles. The fraction of sp³-hybridized carbons (Fsp3) is 0. The Hall–Kier alpha value is -2.32. The van der Waals surface area contributed by atoms with Gasteiger partial charge in [-0.2, -0.15) is 5.26 Å². The summed E-state index contributed by atoms with van der Waals surface area (Å²) >= 11 is 0. The fourth-order valence-corrected chi connectivity index (χ4v) is 1.40. The minimum absolute atomic E-state index is 0.411. The molecule has 0 saturated carbocycles. The first-order valence-corrected chi connectivity index (χ1v) is 4.15. The first kappa shape index (κ1) is 8.29. The lowest BCUT2D eigenvalue weighted by molar-refractivity contribution is 1.50. The van der Waals surface area contributed by atoms with E-state index in [0.717, 1.165) is 11.1 Å². The van der Waals surface area contributed by atoms with Crippen LogP contribution in [0.25, 0.3) is 16.0 Å². The molecule has 0 spiro atoms. The molecule has 0 aromatic rings. The number of rotatable bonds is 0. The van der Waals surface area contributed by atoms with Gasteiger partial charge in [0.15, 0.2) is 0 Å². The maximum Gasteiger partial charge on any atom is 0.205 e. The van der Waals surface area contributed by atoms with Gasteiger partial charge in [0, 0.05) is 0 Å². The van der Waals surface area contributed by atoms with Gasteiger partial charge >= 0.3 is 0 Å². The summed E-state index contributed by atoms with van der Waals surface area (Å²) in [6, 6.07) is 13.2. The summed E-state index contributed by atoms with van der Waals surface area (Å²) in [7, 11) is 0. The molecular weight excluding hydrogens is 172 g/mol. The molecule has 0 atom stereocenters. The molecule has 0 aliphatic heterocycles. The second-order valence-corrected chi connectivity index (χ2v) is 2.94. The van der Waals surface area contributed by atoms with Crippen LogP contribution in [0.3, 0.4) is 0 Å². The Kier molecular flexibility index (Phi) is 1.89. The minimum atomic E-state index is 0.411. The van der Waals surface area contributed by atoms with Crippen molar-refractivity contribution in [1.82, 2.24) is 0 Å². The van der Waals surface area contributed by atoms with Crippen LogP contribution in [0.4, 0.5) is 5.69 Å². The molecule has 0 bridgehead atoms. The first-order valence-electron chi connectivity index (χ1n) is 4.15. The zero-order chi connectivity index (χ0) is 9.97. The van der Waals surface area contributed by atoms with Crippen molar-refractivity contribution in [1.29, 1.82) is 5.26 Å². The van der Waals surface area contributed by atoms with E-state index in [1.807, 2.05) is 30.3 Å². The van der Waals surface area contributed by atoms with E-state index in [0.29, 0.717) is 11.3 Å². The Morgan fingerprint density at radius 2 is 1.93 bits per heavy atom. The van der Waals surface area contributed by atoms with Gasteiger partial charge in [0.1, 0.15) is 0 Å². The highest BCUT2D eigenvalue weighted by molar-refractivity contribution is 5.73. The highest BCUT2D eigenvalue weighted by atomic mass is 14.6. The van der Waals surface area contributed by atoms with Crippen LogP contribution in [-0.2, 0) is 0 Å². The SMILES string of the molecule is [C-]#[N+]c1cc2cccc-2ccc1C#N. The Labute approximate surface area is 82.2 Å². The topological polar surface area (TPSA) is 28.1 Å². The molecule has 2 aliphatic carbocycles. The number of nitriles is 1. The molecule has 2 heteroatoms. The normalized spacial score (nSPS) is 9.29. The average Bonchev–Trinajstić information content (AvgIpc) is 2.58. The molecule has 0 fully saturated rings. The van der Waals surface area contributed by atoms with Crippen molar-refractivity contribution in [2.75, 3.05) is 0 Å². The van der Waals surface area contributed by atoms with Crippen molar-refractivity contribution in [3.05, 3.63) is 53.4 Å². The molecule has 0 saturated heterocycles. The second-order valence-electron chi connectivity index (χ2n) is 2.94. The lowest BCUT2D eigenvalue weighted by atomic mass is 10.2. The number of hydrogen-bond acceptors (Lipinski definition) is 1. The van der Waals surface area contributed by atoms with E-state index in [9.17, 15) is 0 Å². The lowest BCUT2D eigenvalue weighted by Crippen LogP contribution is -1.65. The van der Waals surface area contributed by atoms with Crippen LogP contribution in [0.1, 0.15) is 5.56 Å². The predicted octanol–water partition coefficient (Wildman–Crippen LogP) is 3.21. The number of hydrogen-bond donors (Lipinski definition) is 0. The summed E-state index contributed by atoms with van der Waals surface area (Å²) in [5.41, 5.74) is 2.89. The van der Waals surface area contributed by atoms with Crippen molar-refractivity contribution in [3.63, 3.8) is 0 Å². The van der Waals surface area contributed by atoms with Crippen molar-refractivity contribution >= 4 is 5.69 Å². The standard InChI is InChI=1S/C12H6N2/c1-14-12-7-10-4-2-3-9(10)5-6-11(12)8-13/h2-7H. The summed E-state index contributed by atoms with van der Waals surface area (Å²) in [6.45, 7) is 6.97. The van der Waals surface area contributed by atoms with Gasteiger partial charge in [-0.15, -0.1) is 0 Å². The summed E-state index contributed by atoms with van der Waals surface area (Å²) in [5, 5.41) is 8.81. The second kappa shape index (κ2) is 3.20. The lowest BCUT2D eigenvalue weighted by Gasteiger charge is -1.88. The van der Waals surface area contributed by atoms with E-state index in [1.54, 1.807) is 12.1 Å². The van der Waals surface area contributed by atoms with Crippen LogP contribution < -0.4 is 0 Å². The smallest absolute Gasteiger partial charge is 0.205 e. The molecule has 0 aromatic carbocycles. The van der Waals surface area contributed by atoms with E-state index in [2.05, 4.69) is 4.85 Å². The van der Waals surface area contributed by atoms with Gasteiger partial charge in [0.2, 0.25) is 5.69 Å². The van der Waals surface area contributed by atoms with E-state index < -0.39 is 0 Å². The first-order chi connectivity index (χ1) is 6.85. The molecule has 2 rings (SSSR count). The maximum absolute atomic E-state index is 8.81. The van der Waals surface area contributed by atoms with Crippen LogP contribution in [0.2, 0.25) is 0 Å². The van der Waals surface area contributed by atoms with E-state index in [1.165, 1.54) is 0 Å². The van der Waals surface area contributed by atoms with Gasteiger partial charge in [-0.3, -0.25) is 0 Å². The zero-order valence-corrected chi connectivity index (χ0v) is 7.36. The van der Waals surface area contributed by atoms with Crippen molar-refractivity contribution in [2.45, 2.75) is 0 Å². The Morgan fingerprint density at radius 1 is 1.14 bits per heavy atom. The molecule has 64 valence electrons. The highest BCUT2D eigenvalue weighted by Gasteiger charge is 2.04. The zero-order valence-electron chi connectivity index (χ0n) is 7.36. The van der Waals surface area contributed by atoms with Crippen LogP contribution in [0.5, 0.6) is 0 Å². The van der Waals surface area contributed by atoms with Gasteiger partial charge in [0.05, 0.1) is 18.2 Å². The fourth-order valence-electron chi connectivity index (χ4n) is 1.40. The molecule has 0 radical (unpaired) electrons. The maximum atomic E-state index is 8.81. The molecular formula is C12H6N2. The number of nitrogens with zero attached hydrogens (tertiary/aromatic N) is 2. The van der Waals surface area contributed by atoms with E-state index in [4.69, 9.17) is 11.8 Å². The summed E-state index contributed by atoms with van der Waals surface area (Å²) in [5.74, 6) is 0. The Bertz CT molecular complexity index is 529. The van der Waals surface area contributed by atoms with Gasteiger partial charge in [-0.25, -0.2) is 4.85 Å². The molecule has 2 nitrogen and oxygen atoms in total. The number of fused-ring (bicyclic) bond motifs is 1. The quantitative estimate of drug-likeness (QED) is 0.569. The van der Waals surface area contributed by atoms with Crippen molar-refractivity contribution < 1.29 is 0 Å². The molecule has 0 heterocycles. The molecule has 0 unspecified atom stereocenters. The van der Waals surface area contributed by atoms with Gasteiger partial charge in [-0.1, -0.05) is 30.3 Å². The summed E-state index contributed by atoms with van der Waals surface area (Å²) in [4.78, 5) is 3.34. The summed E-state index contributed by atoms with van der Waals surface area (Å²) < 4.78 is 0. The third-order valence-corrected chi connectivity index (χ3v) is 2.12. The van der Waals surface area contributed by atoms with Crippen LogP contribution >= 0.6 is 0 Å². The molecule has 2 aliphatic rings. The van der Waals surface area contributed by atoms with Gasteiger partial charge < -0.3 is 0 Å². The third-order valence-electron chi connectivity index (χ3n) is 2.12. The minimum Gasteiger partial charge on any atom is -0.237 e.